The topological polar surface area (TPSA) is 152 Å². The van der Waals surface area contributed by atoms with Gasteiger partial charge >= 0.3 is 0 Å². The quantitative estimate of drug-likeness (QED) is 0.401. The normalized spacial score (nSPS) is 31.5. The molecule has 4 unspecified atom stereocenters. The summed E-state index contributed by atoms with van der Waals surface area (Å²) in [5.41, 5.74) is 10.5. The van der Waals surface area contributed by atoms with Crippen LogP contribution in [-0.4, -0.2) is 54.3 Å². The Kier molecular flexibility index (Phi) is 3.19. The molecule has 3 heterocycles. The van der Waals surface area contributed by atoms with Crippen LogP contribution in [0.15, 0.2) is 12.1 Å². The SMILES string of the molecule is C#CC1(CO)OC(c2ccc3c(N)nc(N)nn23)C(O)C1O. The molecule has 1 saturated heterocycles. The van der Waals surface area contributed by atoms with Gasteiger partial charge in [-0.3, -0.25) is 0 Å². The molecule has 9 nitrogen and oxygen atoms in total. The number of terminal acetylenes is 1. The Hall–Kier alpha value is -2.38. The number of aliphatic hydroxyl groups excluding tert-OH is 3. The predicted molar refractivity (Wildman–Crippen MR) is 76.3 cm³/mol. The van der Waals surface area contributed by atoms with Gasteiger partial charge in [-0.25, -0.2) is 4.52 Å². The van der Waals surface area contributed by atoms with E-state index in [1.807, 2.05) is 0 Å². The number of nitrogen functional groups attached to an aromatic ring is 2. The van der Waals surface area contributed by atoms with Crippen molar-refractivity contribution in [2.75, 3.05) is 18.1 Å². The molecule has 0 saturated carbocycles. The molecule has 0 amide bonds. The third-order valence-electron chi connectivity index (χ3n) is 3.80. The molecule has 7 N–H and O–H groups in total. The van der Waals surface area contributed by atoms with Gasteiger partial charge in [0.1, 0.15) is 23.8 Å². The summed E-state index contributed by atoms with van der Waals surface area (Å²) in [6, 6.07) is 3.23. The van der Waals surface area contributed by atoms with E-state index in [2.05, 4.69) is 16.0 Å². The predicted octanol–water partition coefficient (Wildman–Crippen LogP) is -1.95. The molecular formula is C13H15N5O4. The summed E-state index contributed by atoms with van der Waals surface area (Å²) in [7, 11) is 0. The van der Waals surface area contributed by atoms with Gasteiger partial charge in [-0.2, -0.15) is 4.98 Å². The molecule has 0 aromatic carbocycles. The Balaban J connectivity index is 2.11. The summed E-state index contributed by atoms with van der Waals surface area (Å²) in [5, 5.41) is 33.7. The minimum Gasteiger partial charge on any atom is -0.392 e. The van der Waals surface area contributed by atoms with Crippen molar-refractivity contribution in [2.24, 2.45) is 0 Å². The average molecular weight is 305 g/mol. The summed E-state index contributed by atoms with van der Waals surface area (Å²) >= 11 is 0. The standard InChI is InChI=1S/C13H15N5O4/c1-2-13(5-19)10(21)8(20)9(22-13)6-3-4-7-11(14)16-12(15)17-18(6)7/h1,3-4,8-10,19-21H,5H2,(H4,14,15,16,17). The third kappa shape index (κ3) is 1.83. The van der Waals surface area contributed by atoms with Gasteiger partial charge in [0.15, 0.2) is 11.4 Å². The maximum Gasteiger partial charge on any atom is 0.240 e. The van der Waals surface area contributed by atoms with Gasteiger partial charge in [0, 0.05) is 0 Å². The Bertz CT molecular complexity index is 770. The second-order valence-corrected chi connectivity index (χ2v) is 5.08. The number of ether oxygens (including phenoxy) is 1. The van der Waals surface area contributed by atoms with Crippen LogP contribution in [0.2, 0.25) is 0 Å². The van der Waals surface area contributed by atoms with Crippen molar-refractivity contribution in [1.29, 1.82) is 0 Å². The summed E-state index contributed by atoms with van der Waals surface area (Å²) in [6.45, 7) is -0.638. The molecule has 0 bridgehead atoms. The summed E-state index contributed by atoms with van der Waals surface area (Å²) in [5.74, 6) is 2.31. The van der Waals surface area contributed by atoms with Crippen molar-refractivity contribution in [1.82, 2.24) is 14.6 Å². The zero-order chi connectivity index (χ0) is 16.1. The largest absolute Gasteiger partial charge is 0.392 e. The molecule has 9 heteroatoms. The Morgan fingerprint density at radius 1 is 1.41 bits per heavy atom. The molecule has 116 valence electrons. The molecule has 0 spiro atoms. The van der Waals surface area contributed by atoms with Crippen LogP contribution in [0, 0.1) is 12.3 Å². The molecule has 0 aliphatic carbocycles. The smallest absolute Gasteiger partial charge is 0.240 e. The number of hydrogen-bond acceptors (Lipinski definition) is 8. The zero-order valence-electron chi connectivity index (χ0n) is 11.4. The first-order chi connectivity index (χ1) is 10.4. The van der Waals surface area contributed by atoms with Crippen LogP contribution in [0.4, 0.5) is 11.8 Å². The monoisotopic (exact) mass is 305 g/mol. The van der Waals surface area contributed by atoms with Crippen molar-refractivity contribution >= 4 is 17.3 Å². The fraction of sp³-hybridized carbons (Fsp3) is 0.385. The lowest BCUT2D eigenvalue weighted by molar-refractivity contribution is -0.0732. The Morgan fingerprint density at radius 2 is 2.14 bits per heavy atom. The second-order valence-electron chi connectivity index (χ2n) is 5.08. The lowest BCUT2D eigenvalue weighted by Gasteiger charge is -2.23. The molecule has 0 radical (unpaired) electrons. The fourth-order valence-corrected chi connectivity index (χ4v) is 2.61. The van der Waals surface area contributed by atoms with E-state index in [-0.39, 0.29) is 11.8 Å². The van der Waals surface area contributed by atoms with Crippen molar-refractivity contribution in [2.45, 2.75) is 23.9 Å². The van der Waals surface area contributed by atoms with E-state index in [1.165, 1.54) is 4.52 Å². The average Bonchev–Trinajstić information content (AvgIpc) is 3.01. The van der Waals surface area contributed by atoms with Crippen molar-refractivity contribution in [3.05, 3.63) is 17.8 Å². The number of hydrogen-bond donors (Lipinski definition) is 5. The summed E-state index contributed by atoms with van der Waals surface area (Å²) in [4.78, 5) is 3.84. The highest BCUT2D eigenvalue weighted by molar-refractivity contribution is 5.67. The van der Waals surface area contributed by atoms with Crippen LogP contribution in [0.3, 0.4) is 0 Å². The van der Waals surface area contributed by atoms with E-state index in [1.54, 1.807) is 12.1 Å². The molecular weight excluding hydrogens is 290 g/mol. The van der Waals surface area contributed by atoms with Crippen LogP contribution in [-0.2, 0) is 4.74 Å². The second kappa shape index (κ2) is 4.82. The zero-order valence-corrected chi connectivity index (χ0v) is 11.4. The summed E-state index contributed by atoms with van der Waals surface area (Å²) < 4.78 is 6.92. The van der Waals surface area contributed by atoms with E-state index in [0.29, 0.717) is 11.2 Å². The molecule has 1 fully saturated rings. The highest BCUT2D eigenvalue weighted by Crippen LogP contribution is 2.40. The van der Waals surface area contributed by atoms with Crippen molar-refractivity contribution < 1.29 is 20.1 Å². The van der Waals surface area contributed by atoms with Crippen LogP contribution in [0.25, 0.3) is 5.52 Å². The van der Waals surface area contributed by atoms with E-state index in [9.17, 15) is 15.3 Å². The van der Waals surface area contributed by atoms with Crippen LogP contribution in [0.1, 0.15) is 11.8 Å². The highest BCUT2D eigenvalue weighted by Gasteiger charge is 2.54. The number of aliphatic hydroxyl groups is 3. The van der Waals surface area contributed by atoms with Gasteiger partial charge in [-0.05, 0) is 12.1 Å². The minimum absolute atomic E-state index is 0.0548. The molecule has 1 aliphatic rings. The lowest BCUT2D eigenvalue weighted by Crippen LogP contribution is -2.44. The molecule has 3 rings (SSSR count). The maximum absolute atomic E-state index is 10.2. The number of fused-ring (bicyclic) bond motifs is 1. The van der Waals surface area contributed by atoms with Crippen LogP contribution < -0.4 is 11.5 Å². The number of aromatic nitrogens is 3. The van der Waals surface area contributed by atoms with Crippen molar-refractivity contribution in [3.8, 4) is 12.3 Å². The lowest BCUT2D eigenvalue weighted by atomic mass is 9.96. The summed E-state index contributed by atoms with van der Waals surface area (Å²) in [6.07, 6.45) is 1.53. The molecule has 2 aromatic rings. The minimum atomic E-state index is -1.68. The Labute approximate surface area is 125 Å². The number of nitrogens with zero attached hydrogens (tertiary/aromatic N) is 3. The first-order valence-corrected chi connectivity index (χ1v) is 6.46. The molecule has 4 atom stereocenters. The Morgan fingerprint density at radius 3 is 2.73 bits per heavy atom. The number of nitrogens with two attached hydrogens (primary N) is 2. The van der Waals surface area contributed by atoms with Gasteiger partial charge in [0.05, 0.1) is 12.3 Å². The number of anilines is 2. The van der Waals surface area contributed by atoms with E-state index in [4.69, 9.17) is 22.6 Å². The fourth-order valence-electron chi connectivity index (χ4n) is 2.61. The number of rotatable bonds is 2. The molecule has 2 aromatic heterocycles. The van der Waals surface area contributed by atoms with Crippen LogP contribution >= 0.6 is 0 Å². The maximum atomic E-state index is 10.2. The first-order valence-electron chi connectivity index (χ1n) is 6.46. The van der Waals surface area contributed by atoms with Crippen molar-refractivity contribution in [3.63, 3.8) is 0 Å². The van der Waals surface area contributed by atoms with E-state index >= 15 is 0 Å². The van der Waals surface area contributed by atoms with Gasteiger partial charge in [0.25, 0.3) is 0 Å². The van der Waals surface area contributed by atoms with Gasteiger partial charge in [-0.1, -0.05) is 5.92 Å². The van der Waals surface area contributed by atoms with Gasteiger partial charge in [0.2, 0.25) is 5.95 Å². The first kappa shape index (κ1) is 14.6. The van der Waals surface area contributed by atoms with Gasteiger partial charge in [-0.15, -0.1) is 11.5 Å². The van der Waals surface area contributed by atoms with E-state index in [0.717, 1.165) is 0 Å². The highest BCUT2D eigenvalue weighted by atomic mass is 16.6. The van der Waals surface area contributed by atoms with Crippen LogP contribution in [0.5, 0.6) is 0 Å². The van der Waals surface area contributed by atoms with E-state index < -0.39 is 30.5 Å². The molecule has 1 aliphatic heterocycles. The van der Waals surface area contributed by atoms with Gasteiger partial charge < -0.3 is 31.5 Å². The molecule has 22 heavy (non-hydrogen) atoms. The third-order valence-corrected chi connectivity index (χ3v) is 3.80.